The summed E-state index contributed by atoms with van der Waals surface area (Å²) in [4.78, 5) is 20.3. The summed E-state index contributed by atoms with van der Waals surface area (Å²) in [6.07, 6.45) is 1.29. The van der Waals surface area contributed by atoms with Crippen LogP contribution in [0.25, 0.3) is 22.3 Å². The lowest BCUT2D eigenvalue weighted by Crippen LogP contribution is -2.43. The molecule has 2 unspecified atom stereocenters. The van der Waals surface area contributed by atoms with Crippen LogP contribution in [0.5, 0.6) is 5.88 Å². The average molecular weight is 478 g/mol. The Balaban J connectivity index is 1.62. The van der Waals surface area contributed by atoms with Crippen molar-refractivity contribution in [2.45, 2.75) is 33.0 Å². The van der Waals surface area contributed by atoms with Gasteiger partial charge in [0.25, 0.3) is 0 Å². The number of anilines is 1. The second-order valence-electron chi connectivity index (χ2n) is 8.73. The number of aromatic nitrogens is 4. The fraction of sp³-hybridized carbons (Fsp3) is 0.308. The van der Waals surface area contributed by atoms with E-state index in [1.807, 2.05) is 43.9 Å². The number of fused-ring (bicyclic) bond motifs is 1. The van der Waals surface area contributed by atoms with Gasteiger partial charge in [0.15, 0.2) is 5.65 Å². The van der Waals surface area contributed by atoms with Crippen LogP contribution in [0, 0.1) is 25.5 Å². The molecule has 0 amide bonds. The summed E-state index contributed by atoms with van der Waals surface area (Å²) in [5.74, 6) is -0.422. The largest absolute Gasteiger partial charge is 0.481 e. The van der Waals surface area contributed by atoms with Crippen LogP contribution in [0.4, 0.5) is 14.7 Å². The van der Waals surface area contributed by atoms with E-state index in [-0.39, 0.29) is 17.8 Å². The molecular formula is C26H25F2N5O2. The first kappa shape index (κ1) is 23.0. The molecule has 1 aromatic carbocycles. The molecule has 0 N–H and O–H groups in total. The molecule has 0 bridgehead atoms. The highest BCUT2D eigenvalue weighted by molar-refractivity contribution is 5.92. The highest BCUT2D eigenvalue weighted by atomic mass is 19.1. The molecule has 35 heavy (non-hydrogen) atoms. The molecule has 1 saturated heterocycles. The van der Waals surface area contributed by atoms with Crippen LogP contribution in [0.3, 0.4) is 0 Å². The Morgan fingerprint density at radius 3 is 2.63 bits per heavy atom. The molecule has 1 aliphatic rings. The highest BCUT2D eigenvalue weighted by Gasteiger charge is 2.29. The van der Waals surface area contributed by atoms with Gasteiger partial charge >= 0.3 is 0 Å². The van der Waals surface area contributed by atoms with E-state index in [0.29, 0.717) is 41.6 Å². The molecule has 1 fully saturated rings. The van der Waals surface area contributed by atoms with E-state index in [9.17, 15) is 8.78 Å². The highest BCUT2D eigenvalue weighted by Crippen LogP contribution is 2.33. The van der Waals surface area contributed by atoms with E-state index in [1.54, 1.807) is 13.3 Å². The number of aryl methyl sites for hydroxylation is 2. The van der Waals surface area contributed by atoms with Crippen LogP contribution in [0.15, 0.2) is 42.6 Å². The van der Waals surface area contributed by atoms with Gasteiger partial charge < -0.3 is 14.4 Å². The minimum absolute atomic E-state index is 0.120. The average Bonchev–Trinajstić information content (AvgIpc) is 2.84. The molecule has 0 radical (unpaired) electrons. The van der Waals surface area contributed by atoms with Crippen LogP contribution < -0.4 is 9.64 Å². The van der Waals surface area contributed by atoms with Crippen LogP contribution in [-0.4, -0.2) is 46.2 Å². The lowest BCUT2D eigenvalue weighted by atomic mass is 10.1. The normalized spacial score (nSPS) is 18.2. The van der Waals surface area contributed by atoms with Crippen LogP contribution >= 0.6 is 0 Å². The first-order valence-corrected chi connectivity index (χ1v) is 11.3. The smallest absolute Gasteiger partial charge is 0.228 e. The quantitative estimate of drug-likeness (QED) is 0.411. The number of rotatable bonds is 4. The number of methoxy groups -OCH3 is 1. The standard InChI is InChI=1S/C26H25F2N5O2/c1-14-9-20-24(19-6-5-18(27)11-21(19)28)31-26(32-25(20)30-16(14)3)33-12-15(2)35-22(13-33)17-7-8-29-23(10-17)34-4/h5-11,15,22H,12-13H2,1-4H3. The maximum absolute atomic E-state index is 14.9. The van der Waals surface area contributed by atoms with Gasteiger partial charge in [-0.2, -0.15) is 4.98 Å². The molecule has 0 aliphatic carbocycles. The summed E-state index contributed by atoms with van der Waals surface area (Å²) in [5.41, 5.74) is 3.71. The Morgan fingerprint density at radius 2 is 1.86 bits per heavy atom. The summed E-state index contributed by atoms with van der Waals surface area (Å²) in [6.45, 7) is 6.82. The molecular weight excluding hydrogens is 452 g/mol. The Labute approximate surface area is 201 Å². The molecule has 0 saturated carbocycles. The Kier molecular flexibility index (Phi) is 6.02. The molecule has 9 heteroatoms. The van der Waals surface area contributed by atoms with E-state index in [0.717, 1.165) is 22.9 Å². The first-order valence-electron chi connectivity index (χ1n) is 11.3. The molecule has 0 spiro atoms. The van der Waals surface area contributed by atoms with Gasteiger partial charge in [-0.05, 0) is 56.2 Å². The summed E-state index contributed by atoms with van der Waals surface area (Å²) >= 11 is 0. The predicted octanol–water partition coefficient (Wildman–Crippen LogP) is 4.96. The number of halogens is 2. The van der Waals surface area contributed by atoms with Crippen molar-refractivity contribution in [1.29, 1.82) is 0 Å². The lowest BCUT2D eigenvalue weighted by Gasteiger charge is -2.37. The number of morpholine rings is 1. The summed E-state index contributed by atoms with van der Waals surface area (Å²) in [6, 6.07) is 9.12. The van der Waals surface area contributed by atoms with Crippen molar-refractivity contribution in [3.05, 3.63) is 71.1 Å². The SMILES string of the molecule is COc1cc(C2CN(c3nc(-c4ccc(F)cc4F)c4cc(C)c(C)nc4n3)CC(C)O2)ccn1. The van der Waals surface area contributed by atoms with Crippen molar-refractivity contribution < 1.29 is 18.3 Å². The van der Waals surface area contributed by atoms with Gasteiger partial charge in [0.1, 0.15) is 17.7 Å². The van der Waals surface area contributed by atoms with Gasteiger partial charge in [0.2, 0.25) is 11.8 Å². The number of hydrogen-bond acceptors (Lipinski definition) is 7. The van der Waals surface area contributed by atoms with Gasteiger partial charge in [-0.1, -0.05) is 0 Å². The van der Waals surface area contributed by atoms with Gasteiger partial charge in [-0.25, -0.2) is 23.7 Å². The third-order valence-electron chi connectivity index (χ3n) is 6.19. The third kappa shape index (κ3) is 4.51. The minimum atomic E-state index is -0.689. The van der Waals surface area contributed by atoms with Crippen molar-refractivity contribution in [3.63, 3.8) is 0 Å². The van der Waals surface area contributed by atoms with Gasteiger partial charge in [0, 0.05) is 41.5 Å². The van der Waals surface area contributed by atoms with Crippen molar-refractivity contribution in [1.82, 2.24) is 19.9 Å². The number of pyridine rings is 2. The lowest BCUT2D eigenvalue weighted by molar-refractivity contribution is -0.0179. The molecule has 3 aromatic heterocycles. The van der Waals surface area contributed by atoms with E-state index in [2.05, 4.69) is 9.97 Å². The van der Waals surface area contributed by atoms with E-state index in [4.69, 9.17) is 19.4 Å². The first-order chi connectivity index (χ1) is 16.8. The second kappa shape index (κ2) is 9.14. The molecule has 5 rings (SSSR count). The maximum atomic E-state index is 14.9. The fourth-order valence-electron chi connectivity index (χ4n) is 4.30. The van der Waals surface area contributed by atoms with Crippen molar-refractivity contribution in [2.24, 2.45) is 0 Å². The van der Waals surface area contributed by atoms with Gasteiger partial charge in [-0.3, -0.25) is 0 Å². The molecule has 4 heterocycles. The van der Waals surface area contributed by atoms with Crippen molar-refractivity contribution in [2.75, 3.05) is 25.1 Å². The molecule has 1 aliphatic heterocycles. The molecule has 7 nitrogen and oxygen atoms in total. The summed E-state index contributed by atoms with van der Waals surface area (Å²) in [5, 5.41) is 0.610. The molecule has 2 atom stereocenters. The monoisotopic (exact) mass is 477 g/mol. The maximum Gasteiger partial charge on any atom is 0.228 e. The van der Waals surface area contributed by atoms with Crippen LogP contribution in [0.2, 0.25) is 0 Å². The second-order valence-corrected chi connectivity index (χ2v) is 8.73. The number of ether oxygens (including phenoxy) is 2. The van der Waals surface area contributed by atoms with E-state index in [1.165, 1.54) is 12.1 Å². The number of nitrogens with zero attached hydrogens (tertiary/aromatic N) is 5. The molecule has 4 aromatic rings. The van der Waals surface area contributed by atoms with Gasteiger partial charge in [0.05, 0.1) is 25.5 Å². The zero-order chi connectivity index (χ0) is 24.7. The van der Waals surface area contributed by atoms with Crippen LogP contribution in [-0.2, 0) is 4.74 Å². The molecule has 180 valence electrons. The summed E-state index contributed by atoms with van der Waals surface area (Å²) < 4.78 is 40.0. The zero-order valence-electron chi connectivity index (χ0n) is 19.9. The number of benzene rings is 1. The Bertz CT molecular complexity index is 1410. The number of hydrogen-bond donors (Lipinski definition) is 0. The van der Waals surface area contributed by atoms with E-state index >= 15 is 0 Å². The third-order valence-corrected chi connectivity index (χ3v) is 6.19. The Hall–Kier alpha value is -3.72. The fourth-order valence-corrected chi connectivity index (χ4v) is 4.30. The minimum Gasteiger partial charge on any atom is -0.481 e. The van der Waals surface area contributed by atoms with E-state index < -0.39 is 11.6 Å². The summed E-state index contributed by atoms with van der Waals surface area (Å²) in [7, 11) is 1.57. The van der Waals surface area contributed by atoms with Crippen LogP contribution in [0.1, 0.15) is 29.8 Å². The topological polar surface area (TPSA) is 73.3 Å². The predicted molar refractivity (Wildman–Crippen MR) is 128 cm³/mol. The van der Waals surface area contributed by atoms with Gasteiger partial charge in [-0.15, -0.1) is 0 Å². The Morgan fingerprint density at radius 1 is 1.03 bits per heavy atom. The van der Waals surface area contributed by atoms with Crippen molar-refractivity contribution in [3.8, 4) is 17.1 Å². The van der Waals surface area contributed by atoms with Crippen molar-refractivity contribution >= 4 is 17.0 Å². The zero-order valence-corrected chi connectivity index (χ0v) is 19.9.